The van der Waals surface area contributed by atoms with Crippen molar-refractivity contribution in [1.29, 1.82) is 10.5 Å². The van der Waals surface area contributed by atoms with Crippen LogP contribution in [0.3, 0.4) is 0 Å². The largest absolute Gasteiger partial charge is 0.335 e. The molecule has 1 aliphatic heterocycles. The molecule has 0 spiro atoms. The number of thioether (sulfide) groups is 1. The second-order valence-corrected chi connectivity index (χ2v) is 6.74. The van der Waals surface area contributed by atoms with Crippen molar-refractivity contribution in [2.75, 3.05) is 18.8 Å². The average Bonchev–Trinajstić information content (AvgIpc) is 2.51. The van der Waals surface area contributed by atoms with Crippen LogP contribution in [0.4, 0.5) is 0 Å². The van der Waals surface area contributed by atoms with Crippen molar-refractivity contribution < 1.29 is 9.59 Å². The maximum atomic E-state index is 12.3. The van der Waals surface area contributed by atoms with Gasteiger partial charge in [-0.15, -0.1) is 13.2 Å². The smallest absolute Gasteiger partial charge is 0.243 e. The quantitative estimate of drug-likeness (QED) is 0.712. The second-order valence-electron chi connectivity index (χ2n) is 5.75. The number of nitrogens with one attached hydrogen (secondary N) is 1. The van der Waals surface area contributed by atoms with E-state index >= 15 is 0 Å². The van der Waals surface area contributed by atoms with Gasteiger partial charge < -0.3 is 10.2 Å². The van der Waals surface area contributed by atoms with Crippen LogP contribution in [-0.4, -0.2) is 35.6 Å². The third kappa shape index (κ3) is 4.06. The Kier molecular flexibility index (Phi) is 6.82. The fraction of sp³-hybridized carbons (Fsp3) is 0.412. The highest BCUT2D eigenvalue weighted by Crippen LogP contribution is 2.41. The van der Waals surface area contributed by atoms with E-state index < -0.39 is 17.2 Å². The Balaban J connectivity index is 2.99. The highest BCUT2D eigenvalue weighted by atomic mass is 32.2. The van der Waals surface area contributed by atoms with E-state index in [2.05, 4.69) is 24.5 Å². The number of nitrogens with zero attached hydrogens (tertiary/aromatic N) is 3. The number of rotatable bonds is 7. The highest BCUT2D eigenvalue weighted by molar-refractivity contribution is 8.03. The summed E-state index contributed by atoms with van der Waals surface area (Å²) >= 11 is 1.09. The van der Waals surface area contributed by atoms with Crippen molar-refractivity contribution in [3.63, 3.8) is 0 Å². The molecule has 1 heterocycles. The van der Waals surface area contributed by atoms with E-state index in [-0.39, 0.29) is 11.7 Å². The van der Waals surface area contributed by atoms with Gasteiger partial charge in [-0.1, -0.05) is 37.8 Å². The van der Waals surface area contributed by atoms with Crippen molar-refractivity contribution in [2.45, 2.75) is 13.8 Å². The topological polar surface area (TPSA) is 97.0 Å². The van der Waals surface area contributed by atoms with Gasteiger partial charge in [-0.2, -0.15) is 10.5 Å². The van der Waals surface area contributed by atoms with Gasteiger partial charge in [-0.25, -0.2) is 0 Å². The van der Waals surface area contributed by atoms with Crippen LogP contribution in [0.25, 0.3) is 0 Å². The van der Waals surface area contributed by atoms with E-state index in [9.17, 15) is 20.1 Å². The molecular weight excluding hydrogens is 324 g/mol. The zero-order valence-corrected chi connectivity index (χ0v) is 14.7. The summed E-state index contributed by atoms with van der Waals surface area (Å²) in [5, 5.41) is 21.5. The van der Waals surface area contributed by atoms with Gasteiger partial charge in [0, 0.05) is 18.5 Å². The number of nitriles is 2. The maximum Gasteiger partial charge on any atom is 0.243 e. The Morgan fingerprint density at radius 3 is 2.42 bits per heavy atom. The summed E-state index contributed by atoms with van der Waals surface area (Å²) in [4.78, 5) is 25.9. The number of carbonyl (C=O) groups is 2. The molecule has 0 saturated heterocycles. The Morgan fingerprint density at radius 1 is 1.38 bits per heavy atom. The van der Waals surface area contributed by atoms with Gasteiger partial charge in [0.25, 0.3) is 0 Å². The number of carbonyl (C=O) groups excluding carboxylic acids is 2. The van der Waals surface area contributed by atoms with Gasteiger partial charge in [-0.3, -0.25) is 9.59 Å². The molecule has 1 N–H and O–H groups in total. The molecule has 0 aliphatic carbocycles. The Labute approximate surface area is 146 Å². The third-order valence-corrected chi connectivity index (χ3v) is 4.71. The molecule has 0 unspecified atom stereocenters. The Hall–Kier alpha value is -2.51. The minimum atomic E-state index is -0.940. The molecule has 0 aromatic heterocycles. The summed E-state index contributed by atoms with van der Waals surface area (Å²) in [5.74, 6) is -1.48. The van der Waals surface area contributed by atoms with Gasteiger partial charge in [-0.05, 0) is 0 Å². The van der Waals surface area contributed by atoms with Gasteiger partial charge >= 0.3 is 0 Å². The van der Waals surface area contributed by atoms with Crippen LogP contribution in [0.5, 0.6) is 0 Å². The standard InChI is InChI=1S/C17H20N4O2S/c1-5-7-21(8-6-2)14(22)11-24-16-13(10-19)17(3,4)12(9-18)15(23)20-16/h5-6,12H,1-2,7-8,11H2,3-4H3,(H,20,23)/t12-/m1/s1. The molecule has 126 valence electrons. The Bertz CT molecular complexity index is 657. The van der Waals surface area contributed by atoms with E-state index in [1.165, 1.54) is 0 Å². The summed E-state index contributed by atoms with van der Waals surface area (Å²) in [6, 6.07) is 4.01. The molecule has 0 bridgehead atoms. The molecule has 2 amide bonds. The highest BCUT2D eigenvalue weighted by Gasteiger charge is 2.44. The lowest BCUT2D eigenvalue weighted by Gasteiger charge is -2.34. The average molecular weight is 344 g/mol. The summed E-state index contributed by atoms with van der Waals surface area (Å²) < 4.78 is 0. The van der Waals surface area contributed by atoms with E-state index in [0.717, 1.165) is 11.8 Å². The molecule has 1 aliphatic rings. The van der Waals surface area contributed by atoms with Crippen LogP contribution in [0, 0.1) is 34.0 Å². The number of hydrogen-bond donors (Lipinski definition) is 1. The molecule has 0 saturated carbocycles. The summed E-state index contributed by atoms with van der Waals surface area (Å²) in [6.07, 6.45) is 3.24. The molecule has 6 nitrogen and oxygen atoms in total. The van der Waals surface area contributed by atoms with E-state index in [4.69, 9.17) is 0 Å². The molecule has 0 aromatic rings. The first-order chi connectivity index (χ1) is 11.3. The predicted molar refractivity (Wildman–Crippen MR) is 93.1 cm³/mol. The van der Waals surface area contributed by atoms with Crippen molar-refractivity contribution in [1.82, 2.24) is 10.2 Å². The first-order valence-electron chi connectivity index (χ1n) is 7.31. The van der Waals surface area contributed by atoms with Gasteiger partial charge in [0.2, 0.25) is 11.8 Å². The van der Waals surface area contributed by atoms with Crippen LogP contribution < -0.4 is 5.32 Å². The van der Waals surface area contributed by atoms with Crippen LogP contribution in [-0.2, 0) is 9.59 Å². The fourth-order valence-electron chi connectivity index (χ4n) is 2.35. The molecule has 1 atom stereocenters. The van der Waals surface area contributed by atoms with Crippen molar-refractivity contribution in [2.24, 2.45) is 11.3 Å². The molecule has 0 fully saturated rings. The molecule has 0 radical (unpaired) electrons. The minimum absolute atomic E-state index is 0.0653. The third-order valence-electron chi connectivity index (χ3n) is 3.72. The molecule has 24 heavy (non-hydrogen) atoms. The number of hydrogen-bond acceptors (Lipinski definition) is 5. The van der Waals surface area contributed by atoms with E-state index in [1.807, 2.05) is 6.07 Å². The first kappa shape index (κ1) is 19.5. The van der Waals surface area contributed by atoms with Crippen LogP contribution >= 0.6 is 11.8 Å². The zero-order valence-electron chi connectivity index (χ0n) is 13.8. The molecule has 1 rings (SSSR count). The van der Waals surface area contributed by atoms with Crippen molar-refractivity contribution >= 4 is 23.6 Å². The number of amides is 2. The lowest BCUT2D eigenvalue weighted by molar-refractivity contribution is -0.127. The van der Waals surface area contributed by atoms with Crippen LogP contribution in [0.1, 0.15) is 13.8 Å². The van der Waals surface area contributed by atoms with E-state index in [0.29, 0.717) is 23.7 Å². The summed E-state index contributed by atoms with van der Waals surface area (Å²) in [6.45, 7) is 11.4. The molecular formula is C17H20N4O2S. The lowest BCUT2D eigenvalue weighted by atomic mass is 9.72. The zero-order chi connectivity index (χ0) is 18.3. The van der Waals surface area contributed by atoms with E-state index in [1.54, 1.807) is 30.9 Å². The second kappa shape index (κ2) is 8.37. The number of allylic oxidation sites excluding steroid dienone is 1. The molecule has 0 aromatic carbocycles. The Morgan fingerprint density at radius 2 is 1.96 bits per heavy atom. The van der Waals surface area contributed by atoms with Gasteiger partial charge in [0.1, 0.15) is 5.92 Å². The first-order valence-corrected chi connectivity index (χ1v) is 8.29. The van der Waals surface area contributed by atoms with Gasteiger partial charge in [0.05, 0.1) is 28.5 Å². The fourth-order valence-corrected chi connectivity index (χ4v) is 3.43. The van der Waals surface area contributed by atoms with Gasteiger partial charge in [0.15, 0.2) is 0 Å². The van der Waals surface area contributed by atoms with Crippen molar-refractivity contribution in [3.05, 3.63) is 35.9 Å². The summed E-state index contributed by atoms with van der Waals surface area (Å²) in [7, 11) is 0. The van der Waals surface area contributed by atoms with Crippen LogP contribution in [0.2, 0.25) is 0 Å². The van der Waals surface area contributed by atoms with Crippen molar-refractivity contribution in [3.8, 4) is 12.1 Å². The predicted octanol–water partition coefficient (Wildman–Crippen LogP) is 1.95. The maximum absolute atomic E-state index is 12.3. The lowest BCUT2D eigenvalue weighted by Crippen LogP contribution is -2.44. The van der Waals surface area contributed by atoms with Crippen LogP contribution in [0.15, 0.2) is 35.9 Å². The SMILES string of the molecule is C=CCN(CC=C)C(=O)CSC1=C(C#N)C(C)(C)[C@H](C#N)C(=O)N1. The normalized spacial score (nSPS) is 18.8. The molecule has 7 heteroatoms. The monoisotopic (exact) mass is 344 g/mol. The summed E-state index contributed by atoms with van der Waals surface area (Å²) in [5.41, 5.74) is -0.593. The minimum Gasteiger partial charge on any atom is -0.335 e.